The van der Waals surface area contributed by atoms with Gasteiger partial charge in [-0.1, -0.05) is 6.07 Å². The van der Waals surface area contributed by atoms with Crippen LogP contribution < -0.4 is 10.6 Å². The van der Waals surface area contributed by atoms with E-state index in [0.29, 0.717) is 12.1 Å². The van der Waals surface area contributed by atoms with Crippen LogP contribution in [0.2, 0.25) is 0 Å². The maximum Gasteiger partial charge on any atom is 0.253 e. The van der Waals surface area contributed by atoms with Gasteiger partial charge < -0.3 is 10.6 Å². The smallest absolute Gasteiger partial charge is 0.253 e. The molecule has 0 aliphatic carbocycles. The van der Waals surface area contributed by atoms with Crippen LogP contribution >= 0.6 is 0 Å². The Bertz CT molecular complexity index is 616. The number of aromatic nitrogens is 1. The van der Waals surface area contributed by atoms with Crippen molar-refractivity contribution < 1.29 is 9.18 Å². The van der Waals surface area contributed by atoms with Gasteiger partial charge in [0.25, 0.3) is 5.91 Å². The minimum atomic E-state index is -0.430. The Kier molecular flexibility index (Phi) is 4.87. The van der Waals surface area contributed by atoms with Gasteiger partial charge in [0, 0.05) is 18.9 Å². The Balaban J connectivity index is 2.19. The molecule has 0 saturated heterocycles. The maximum absolute atomic E-state index is 13.8. The number of para-hydroxylation sites is 1. The van der Waals surface area contributed by atoms with Crippen LogP contribution in [-0.4, -0.2) is 17.4 Å². The second-order valence-corrected chi connectivity index (χ2v) is 4.67. The van der Waals surface area contributed by atoms with E-state index < -0.39 is 5.82 Å². The Labute approximate surface area is 123 Å². The molecule has 1 heterocycles. The highest BCUT2D eigenvalue weighted by atomic mass is 19.1. The molecular weight excluding hydrogens is 269 g/mol. The van der Waals surface area contributed by atoms with Crippen molar-refractivity contribution in [3.8, 4) is 0 Å². The third-order valence-corrected chi connectivity index (χ3v) is 3.17. The Morgan fingerprint density at radius 2 is 2.00 bits per heavy atom. The zero-order chi connectivity index (χ0) is 15.2. The van der Waals surface area contributed by atoms with Crippen molar-refractivity contribution in [3.05, 3.63) is 59.7 Å². The molecule has 1 unspecified atom stereocenters. The zero-order valence-corrected chi connectivity index (χ0v) is 12.1. The Morgan fingerprint density at radius 3 is 2.67 bits per heavy atom. The zero-order valence-electron chi connectivity index (χ0n) is 12.1. The molecule has 5 heteroatoms. The highest BCUT2D eigenvalue weighted by Crippen LogP contribution is 2.21. The summed E-state index contributed by atoms with van der Waals surface area (Å²) in [6, 6.07) is 7.96. The number of hydrogen-bond donors (Lipinski definition) is 2. The number of anilines is 1. The van der Waals surface area contributed by atoms with Gasteiger partial charge in [-0.05, 0) is 43.7 Å². The molecule has 2 N–H and O–H groups in total. The molecular formula is C16H18FN3O. The molecule has 1 aromatic carbocycles. The SMILES string of the molecule is CCNc1c(F)cccc1C(=O)NC(C)c1ccncc1. The van der Waals surface area contributed by atoms with E-state index in [1.807, 2.05) is 26.0 Å². The maximum atomic E-state index is 13.8. The highest BCUT2D eigenvalue weighted by Gasteiger charge is 2.17. The number of nitrogens with one attached hydrogen (secondary N) is 2. The van der Waals surface area contributed by atoms with E-state index in [1.54, 1.807) is 18.5 Å². The molecule has 110 valence electrons. The number of carbonyl (C=O) groups excluding carboxylic acids is 1. The fourth-order valence-corrected chi connectivity index (χ4v) is 2.08. The minimum absolute atomic E-state index is 0.182. The summed E-state index contributed by atoms with van der Waals surface area (Å²) in [4.78, 5) is 16.3. The van der Waals surface area contributed by atoms with Gasteiger partial charge in [0.2, 0.25) is 0 Å². The lowest BCUT2D eigenvalue weighted by molar-refractivity contribution is 0.0940. The van der Waals surface area contributed by atoms with Gasteiger partial charge in [0.1, 0.15) is 5.82 Å². The number of hydrogen-bond acceptors (Lipinski definition) is 3. The van der Waals surface area contributed by atoms with Gasteiger partial charge in [-0.3, -0.25) is 9.78 Å². The number of carbonyl (C=O) groups is 1. The summed E-state index contributed by atoms with van der Waals surface area (Å²) in [6.45, 7) is 4.27. The van der Waals surface area contributed by atoms with Crippen LogP contribution in [0.4, 0.5) is 10.1 Å². The molecule has 0 aliphatic heterocycles. The van der Waals surface area contributed by atoms with Crippen LogP contribution in [0, 0.1) is 5.82 Å². The molecule has 4 nitrogen and oxygen atoms in total. The lowest BCUT2D eigenvalue weighted by atomic mass is 10.1. The van der Waals surface area contributed by atoms with Crippen molar-refractivity contribution in [1.29, 1.82) is 0 Å². The van der Waals surface area contributed by atoms with E-state index in [0.717, 1.165) is 5.56 Å². The van der Waals surface area contributed by atoms with Gasteiger partial charge in [0.15, 0.2) is 0 Å². The van der Waals surface area contributed by atoms with Crippen LogP contribution in [0.25, 0.3) is 0 Å². The third-order valence-electron chi connectivity index (χ3n) is 3.17. The largest absolute Gasteiger partial charge is 0.382 e. The second-order valence-electron chi connectivity index (χ2n) is 4.67. The molecule has 1 atom stereocenters. The third kappa shape index (κ3) is 3.56. The van der Waals surface area contributed by atoms with Crippen molar-refractivity contribution in [3.63, 3.8) is 0 Å². The van der Waals surface area contributed by atoms with E-state index >= 15 is 0 Å². The molecule has 1 aromatic heterocycles. The standard InChI is InChI=1S/C16H18FN3O/c1-3-19-15-13(5-4-6-14(15)17)16(21)20-11(2)12-7-9-18-10-8-12/h4-11,19H,3H2,1-2H3,(H,20,21). The fourth-order valence-electron chi connectivity index (χ4n) is 2.08. The van der Waals surface area contributed by atoms with Crippen LogP contribution in [0.3, 0.4) is 0 Å². The van der Waals surface area contributed by atoms with Gasteiger partial charge in [-0.15, -0.1) is 0 Å². The van der Waals surface area contributed by atoms with Crippen molar-refractivity contribution in [1.82, 2.24) is 10.3 Å². The van der Waals surface area contributed by atoms with Crippen LogP contribution in [-0.2, 0) is 0 Å². The Morgan fingerprint density at radius 1 is 1.29 bits per heavy atom. The number of rotatable bonds is 5. The first kappa shape index (κ1) is 15.0. The van der Waals surface area contributed by atoms with E-state index in [2.05, 4.69) is 15.6 Å². The topological polar surface area (TPSA) is 54.0 Å². The average Bonchev–Trinajstić information content (AvgIpc) is 2.50. The molecule has 0 bridgehead atoms. The molecule has 1 amide bonds. The van der Waals surface area contributed by atoms with Gasteiger partial charge >= 0.3 is 0 Å². The summed E-state index contributed by atoms with van der Waals surface area (Å²) < 4.78 is 13.8. The first-order chi connectivity index (χ1) is 10.1. The van der Waals surface area contributed by atoms with Crippen molar-refractivity contribution in [2.45, 2.75) is 19.9 Å². The van der Waals surface area contributed by atoms with E-state index in [4.69, 9.17) is 0 Å². The summed E-state index contributed by atoms with van der Waals surface area (Å²) >= 11 is 0. The minimum Gasteiger partial charge on any atom is -0.382 e. The van der Waals surface area contributed by atoms with Crippen LogP contribution in [0.15, 0.2) is 42.7 Å². The van der Waals surface area contributed by atoms with Gasteiger partial charge in [-0.25, -0.2) is 4.39 Å². The van der Waals surface area contributed by atoms with Crippen molar-refractivity contribution in [2.24, 2.45) is 0 Å². The molecule has 0 fully saturated rings. The normalized spacial score (nSPS) is 11.8. The summed E-state index contributed by atoms with van der Waals surface area (Å²) in [5.41, 5.74) is 1.48. The number of halogens is 1. The van der Waals surface area contributed by atoms with E-state index in [9.17, 15) is 9.18 Å². The predicted molar refractivity (Wildman–Crippen MR) is 80.7 cm³/mol. The molecule has 2 rings (SSSR count). The molecule has 0 spiro atoms. The number of benzene rings is 1. The van der Waals surface area contributed by atoms with Gasteiger partial charge in [0.05, 0.1) is 17.3 Å². The number of nitrogens with zero attached hydrogens (tertiary/aromatic N) is 1. The van der Waals surface area contributed by atoms with Crippen molar-refractivity contribution in [2.75, 3.05) is 11.9 Å². The van der Waals surface area contributed by atoms with Gasteiger partial charge in [-0.2, -0.15) is 0 Å². The van der Waals surface area contributed by atoms with E-state index in [-0.39, 0.29) is 17.6 Å². The van der Waals surface area contributed by atoms with Crippen molar-refractivity contribution >= 4 is 11.6 Å². The molecule has 0 saturated carbocycles. The Hall–Kier alpha value is -2.43. The lowest BCUT2D eigenvalue weighted by Crippen LogP contribution is -2.27. The summed E-state index contributed by atoms with van der Waals surface area (Å²) in [7, 11) is 0. The van der Waals surface area contributed by atoms with E-state index in [1.165, 1.54) is 12.1 Å². The highest BCUT2D eigenvalue weighted by molar-refractivity contribution is 5.99. The molecule has 21 heavy (non-hydrogen) atoms. The fraction of sp³-hybridized carbons (Fsp3) is 0.250. The number of amides is 1. The quantitative estimate of drug-likeness (QED) is 0.888. The molecule has 0 radical (unpaired) electrons. The first-order valence-electron chi connectivity index (χ1n) is 6.86. The molecule has 0 aliphatic rings. The molecule has 2 aromatic rings. The lowest BCUT2D eigenvalue weighted by Gasteiger charge is -2.16. The summed E-state index contributed by atoms with van der Waals surface area (Å²) in [6.07, 6.45) is 3.34. The second kappa shape index (κ2) is 6.83. The predicted octanol–water partition coefficient (Wildman–Crippen LogP) is 3.14. The average molecular weight is 287 g/mol. The van der Waals surface area contributed by atoms with Crippen LogP contribution in [0.1, 0.15) is 35.8 Å². The number of pyridine rings is 1. The monoisotopic (exact) mass is 287 g/mol. The van der Waals surface area contributed by atoms with Crippen LogP contribution in [0.5, 0.6) is 0 Å². The summed E-state index contributed by atoms with van der Waals surface area (Å²) in [5.74, 6) is -0.740. The first-order valence-corrected chi connectivity index (χ1v) is 6.86. The summed E-state index contributed by atoms with van der Waals surface area (Å²) in [5, 5.41) is 5.76.